The minimum absolute atomic E-state index is 0.262. The molecule has 0 unspecified atom stereocenters. The van der Waals surface area contributed by atoms with Crippen LogP contribution in [0.15, 0.2) is 54.7 Å². The molecule has 0 bridgehead atoms. The van der Waals surface area contributed by atoms with Crippen LogP contribution in [0, 0.1) is 5.82 Å². The summed E-state index contributed by atoms with van der Waals surface area (Å²) in [5.41, 5.74) is 3.32. The average molecular weight is 421 g/mol. The lowest BCUT2D eigenvalue weighted by molar-refractivity contribution is 0.165. The summed E-state index contributed by atoms with van der Waals surface area (Å²) in [7, 11) is 0. The molecule has 162 valence electrons. The van der Waals surface area contributed by atoms with Crippen LogP contribution in [0.2, 0.25) is 0 Å². The molecule has 0 amide bonds. The van der Waals surface area contributed by atoms with Gasteiger partial charge in [0.05, 0.1) is 5.69 Å². The summed E-state index contributed by atoms with van der Waals surface area (Å²) < 4.78 is 14.6. The fourth-order valence-electron chi connectivity index (χ4n) is 4.05. The van der Waals surface area contributed by atoms with Gasteiger partial charge in [0.15, 0.2) is 0 Å². The number of rotatable bonds is 7. The van der Waals surface area contributed by atoms with Gasteiger partial charge in [-0.15, -0.1) is 0 Å². The zero-order valence-corrected chi connectivity index (χ0v) is 17.9. The molecule has 5 nitrogen and oxygen atoms in total. The molecule has 1 aliphatic heterocycles. The van der Waals surface area contributed by atoms with Crippen LogP contribution < -0.4 is 5.32 Å². The molecule has 0 spiro atoms. The number of halogens is 1. The number of aromatic nitrogens is 2. The third-order valence-electron chi connectivity index (χ3n) is 5.81. The highest BCUT2D eigenvalue weighted by atomic mass is 19.1. The van der Waals surface area contributed by atoms with Crippen LogP contribution in [0.1, 0.15) is 30.3 Å². The first-order chi connectivity index (χ1) is 15.1. The lowest BCUT2D eigenvalue weighted by atomic mass is 10.0. The highest BCUT2D eigenvalue weighted by Crippen LogP contribution is 2.24. The van der Waals surface area contributed by atoms with Crippen LogP contribution in [-0.4, -0.2) is 45.7 Å². The summed E-state index contributed by atoms with van der Waals surface area (Å²) >= 11 is 0. The number of aryl methyl sites for hydroxylation is 2. The summed E-state index contributed by atoms with van der Waals surface area (Å²) in [6, 6.07) is 14.8. The molecule has 1 saturated heterocycles. The first-order valence-corrected chi connectivity index (χ1v) is 10.9. The fourth-order valence-corrected chi connectivity index (χ4v) is 4.05. The van der Waals surface area contributed by atoms with Gasteiger partial charge in [-0.3, -0.25) is 4.90 Å². The Kier molecular flexibility index (Phi) is 6.89. The number of benzene rings is 2. The molecule has 31 heavy (non-hydrogen) atoms. The molecular weight excluding hydrogens is 391 g/mol. The van der Waals surface area contributed by atoms with E-state index in [-0.39, 0.29) is 11.6 Å². The number of phenolic OH excluding ortho intramolecular Hbond substituents is 1. The number of nitrogens with one attached hydrogen (secondary N) is 1. The van der Waals surface area contributed by atoms with Crippen LogP contribution in [0.25, 0.3) is 11.3 Å². The average Bonchev–Trinajstić information content (AvgIpc) is 2.77. The lowest BCUT2D eigenvalue weighted by Crippen LogP contribution is -2.49. The van der Waals surface area contributed by atoms with Crippen molar-refractivity contribution in [2.45, 2.75) is 38.8 Å². The second-order valence-corrected chi connectivity index (χ2v) is 8.22. The van der Waals surface area contributed by atoms with Crippen molar-refractivity contribution < 1.29 is 9.50 Å². The van der Waals surface area contributed by atoms with Crippen molar-refractivity contribution in [2.24, 2.45) is 0 Å². The molecule has 4 rings (SSSR count). The van der Waals surface area contributed by atoms with Crippen molar-refractivity contribution in [3.63, 3.8) is 0 Å². The predicted molar refractivity (Wildman–Crippen MR) is 120 cm³/mol. The quantitative estimate of drug-likeness (QED) is 0.606. The van der Waals surface area contributed by atoms with Gasteiger partial charge in [0.2, 0.25) is 0 Å². The van der Waals surface area contributed by atoms with Gasteiger partial charge in [0.1, 0.15) is 17.4 Å². The van der Waals surface area contributed by atoms with Crippen LogP contribution in [-0.2, 0) is 19.4 Å². The number of aromatic hydroxyl groups is 1. The van der Waals surface area contributed by atoms with Crippen LogP contribution in [0.5, 0.6) is 5.75 Å². The monoisotopic (exact) mass is 420 g/mol. The molecule has 2 heterocycles. The topological polar surface area (TPSA) is 61.3 Å². The highest BCUT2D eigenvalue weighted by Gasteiger charge is 2.18. The van der Waals surface area contributed by atoms with Crippen molar-refractivity contribution in [2.75, 3.05) is 19.6 Å². The molecule has 0 saturated carbocycles. The van der Waals surface area contributed by atoms with E-state index >= 15 is 0 Å². The molecule has 6 heteroatoms. The number of phenols is 1. The van der Waals surface area contributed by atoms with E-state index in [0.717, 1.165) is 50.1 Å². The Balaban J connectivity index is 1.45. The highest BCUT2D eigenvalue weighted by molar-refractivity contribution is 5.60. The van der Waals surface area contributed by atoms with Crippen LogP contribution >= 0.6 is 0 Å². The zero-order valence-electron chi connectivity index (χ0n) is 17.9. The maximum atomic E-state index is 14.6. The van der Waals surface area contributed by atoms with Gasteiger partial charge in [-0.1, -0.05) is 18.2 Å². The van der Waals surface area contributed by atoms with E-state index in [4.69, 9.17) is 0 Å². The molecule has 3 aromatic rings. The number of hydrogen-bond donors (Lipinski definition) is 2. The zero-order chi connectivity index (χ0) is 21.6. The molecule has 2 N–H and O–H groups in total. The van der Waals surface area contributed by atoms with E-state index in [2.05, 4.69) is 27.1 Å². The summed E-state index contributed by atoms with van der Waals surface area (Å²) in [5.74, 6) is 0.723. The van der Waals surface area contributed by atoms with Crippen molar-refractivity contribution in [3.8, 4) is 17.0 Å². The minimum atomic E-state index is -0.262. The molecule has 2 aromatic carbocycles. The van der Waals surface area contributed by atoms with Crippen molar-refractivity contribution in [1.29, 1.82) is 0 Å². The van der Waals surface area contributed by atoms with E-state index < -0.39 is 0 Å². The number of piperazine rings is 1. The standard InChI is InChI=1S/C25H29FN4O/c1-18-16-27-12-13-30(18)17-20-8-9-23(26)22(15-20)24-10-11-28-25(29-24)7-3-5-19-4-2-6-21(31)14-19/h2,4,6,8-11,14-15,18,27,31H,3,5,7,12-13,16-17H2,1H3/t18-/m0/s1. The fraction of sp³-hybridized carbons (Fsp3) is 0.360. The molecule has 1 aromatic heterocycles. The summed E-state index contributed by atoms with van der Waals surface area (Å²) in [4.78, 5) is 11.4. The van der Waals surface area contributed by atoms with E-state index in [1.165, 1.54) is 0 Å². The van der Waals surface area contributed by atoms with Gasteiger partial charge in [0.25, 0.3) is 0 Å². The maximum absolute atomic E-state index is 14.6. The van der Waals surface area contributed by atoms with E-state index in [1.807, 2.05) is 24.3 Å². The van der Waals surface area contributed by atoms with Crippen molar-refractivity contribution >= 4 is 0 Å². The van der Waals surface area contributed by atoms with Gasteiger partial charge in [-0.25, -0.2) is 14.4 Å². The molecule has 1 atom stereocenters. The molecule has 0 radical (unpaired) electrons. The Morgan fingerprint density at radius 1 is 1.13 bits per heavy atom. The first kappa shape index (κ1) is 21.4. The second kappa shape index (κ2) is 9.98. The van der Waals surface area contributed by atoms with Crippen LogP contribution in [0.3, 0.4) is 0 Å². The summed E-state index contributed by atoms with van der Waals surface area (Å²) in [6.07, 6.45) is 4.09. The molecule has 1 aliphatic rings. The number of nitrogens with zero attached hydrogens (tertiary/aromatic N) is 3. The predicted octanol–water partition coefficient (Wildman–Crippen LogP) is 3.96. The lowest BCUT2D eigenvalue weighted by Gasteiger charge is -2.34. The SMILES string of the molecule is C[C@H]1CNCCN1Cc1ccc(F)c(-c2ccnc(CCCc3cccc(O)c3)n2)c1. The largest absolute Gasteiger partial charge is 0.508 e. The molecule has 1 fully saturated rings. The smallest absolute Gasteiger partial charge is 0.132 e. The Labute approximate surface area is 183 Å². The van der Waals surface area contributed by atoms with Crippen molar-refractivity contribution in [1.82, 2.24) is 20.2 Å². The Morgan fingerprint density at radius 2 is 2.03 bits per heavy atom. The van der Waals surface area contributed by atoms with Gasteiger partial charge in [-0.05, 0) is 61.2 Å². The van der Waals surface area contributed by atoms with Crippen LogP contribution in [0.4, 0.5) is 4.39 Å². The summed E-state index contributed by atoms with van der Waals surface area (Å²) in [5, 5.41) is 13.0. The maximum Gasteiger partial charge on any atom is 0.132 e. The van der Waals surface area contributed by atoms with E-state index in [1.54, 1.807) is 30.5 Å². The van der Waals surface area contributed by atoms with Gasteiger partial charge in [0, 0.05) is 50.4 Å². The number of hydrogen-bond acceptors (Lipinski definition) is 5. The van der Waals surface area contributed by atoms with Gasteiger partial charge >= 0.3 is 0 Å². The van der Waals surface area contributed by atoms with Gasteiger partial charge in [-0.2, -0.15) is 0 Å². The second-order valence-electron chi connectivity index (χ2n) is 8.22. The minimum Gasteiger partial charge on any atom is -0.508 e. The Bertz CT molecular complexity index is 1030. The van der Waals surface area contributed by atoms with E-state index in [0.29, 0.717) is 29.5 Å². The first-order valence-electron chi connectivity index (χ1n) is 10.9. The molecule has 0 aliphatic carbocycles. The van der Waals surface area contributed by atoms with Gasteiger partial charge < -0.3 is 10.4 Å². The van der Waals surface area contributed by atoms with E-state index in [9.17, 15) is 9.50 Å². The Morgan fingerprint density at radius 3 is 2.87 bits per heavy atom. The third-order valence-corrected chi connectivity index (χ3v) is 5.81. The third kappa shape index (κ3) is 5.66. The normalized spacial score (nSPS) is 17.0. The molecular formula is C25H29FN4O. The van der Waals surface area contributed by atoms with Crippen molar-refractivity contribution in [3.05, 3.63) is 77.5 Å². The Hall–Kier alpha value is -2.83. The summed E-state index contributed by atoms with van der Waals surface area (Å²) in [6.45, 7) is 5.97.